The summed E-state index contributed by atoms with van der Waals surface area (Å²) in [6, 6.07) is 0. The monoisotopic (exact) mass is 225 g/mol. The topological polar surface area (TPSA) is 32.6 Å². The highest BCUT2D eigenvalue weighted by molar-refractivity contribution is 5.83. The fraction of sp³-hybridized carbons (Fsp3) is 0.929. The Morgan fingerprint density at radius 2 is 1.19 bits per heavy atom. The van der Waals surface area contributed by atoms with Crippen molar-refractivity contribution in [3.05, 3.63) is 0 Å². The summed E-state index contributed by atoms with van der Waals surface area (Å²) in [6.07, 6.45) is 14.8. The lowest BCUT2D eigenvalue weighted by Crippen LogP contribution is -2.11. The zero-order valence-corrected chi connectivity index (χ0v) is 10.7. The maximum Gasteiger partial charge on any atom is 0.0570 e. The van der Waals surface area contributed by atoms with Crippen LogP contribution >= 0.6 is 0 Å². The zero-order chi connectivity index (χ0) is 11.6. The lowest BCUT2D eigenvalue weighted by molar-refractivity contribution is 0.311. The van der Waals surface area contributed by atoms with E-state index in [0.717, 1.165) is 5.71 Å². The molecule has 0 aromatic rings. The Morgan fingerprint density at radius 1 is 0.812 bits per heavy atom. The maximum absolute atomic E-state index is 8.86. The van der Waals surface area contributed by atoms with Gasteiger partial charge in [0.1, 0.15) is 0 Å². The van der Waals surface area contributed by atoms with Gasteiger partial charge in [-0.05, 0) is 19.8 Å². The Kier molecular flexibility index (Phi) is 7.28. The van der Waals surface area contributed by atoms with Crippen LogP contribution in [0.15, 0.2) is 5.16 Å². The van der Waals surface area contributed by atoms with Crippen LogP contribution in [-0.4, -0.2) is 10.9 Å². The summed E-state index contributed by atoms with van der Waals surface area (Å²) in [5.41, 5.74) is 0.942. The van der Waals surface area contributed by atoms with Gasteiger partial charge in [-0.2, -0.15) is 0 Å². The summed E-state index contributed by atoms with van der Waals surface area (Å²) in [6.45, 7) is 1.97. The molecule has 0 amide bonds. The minimum absolute atomic E-state index is 0.532. The van der Waals surface area contributed by atoms with Gasteiger partial charge in [-0.25, -0.2) is 0 Å². The number of nitrogens with zero attached hydrogens (tertiary/aromatic N) is 1. The molecule has 0 aromatic carbocycles. The van der Waals surface area contributed by atoms with Crippen LogP contribution in [-0.2, 0) is 0 Å². The van der Waals surface area contributed by atoms with E-state index in [1.165, 1.54) is 70.6 Å². The smallest absolute Gasteiger partial charge is 0.0570 e. The van der Waals surface area contributed by atoms with Crippen molar-refractivity contribution in [1.29, 1.82) is 0 Å². The molecule has 1 rings (SSSR count). The van der Waals surface area contributed by atoms with Gasteiger partial charge < -0.3 is 5.21 Å². The molecule has 0 heterocycles. The molecule has 0 spiro atoms. The van der Waals surface area contributed by atoms with Gasteiger partial charge in [0.05, 0.1) is 5.71 Å². The molecule has 2 heteroatoms. The summed E-state index contributed by atoms with van der Waals surface area (Å²) in [4.78, 5) is 0. The van der Waals surface area contributed by atoms with Gasteiger partial charge in [0.15, 0.2) is 0 Å². The van der Waals surface area contributed by atoms with Crippen LogP contribution in [0.3, 0.4) is 0 Å². The normalized spacial score (nSPS) is 23.4. The molecule has 0 radical (unpaired) electrons. The van der Waals surface area contributed by atoms with Crippen molar-refractivity contribution in [3.8, 4) is 0 Å². The average Bonchev–Trinajstić information content (AvgIpc) is 2.29. The highest BCUT2D eigenvalue weighted by Gasteiger charge is 2.12. The third-order valence-electron chi connectivity index (χ3n) is 3.85. The number of hydrogen-bond acceptors (Lipinski definition) is 2. The number of hydrogen-bond donors (Lipinski definition) is 1. The van der Waals surface area contributed by atoms with Gasteiger partial charge in [-0.1, -0.05) is 62.9 Å². The summed E-state index contributed by atoms with van der Waals surface area (Å²) in [7, 11) is 0. The number of rotatable bonds is 1. The quantitative estimate of drug-likeness (QED) is 0.389. The highest BCUT2D eigenvalue weighted by Crippen LogP contribution is 2.22. The second kappa shape index (κ2) is 8.60. The molecule has 0 atom stereocenters. The van der Waals surface area contributed by atoms with Crippen molar-refractivity contribution in [3.63, 3.8) is 0 Å². The van der Waals surface area contributed by atoms with E-state index in [0.29, 0.717) is 5.92 Å². The maximum atomic E-state index is 8.86. The van der Waals surface area contributed by atoms with E-state index in [-0.39, 0.29) is 0 Å². The lowest BCUT2D eigenvalue weighted by Gasteiger charge is -2.16. The molecule has 1 saturated carbocycles. The third-order valence-corrected chi connectivity index (χ3v) is 3.85. The lowest BCUT2D eigenvalue weighted by atomic mass is 9.90. The van der Waals surface area contributed by atoms with Gasteiger partial charge in [0.25, 0.3) is 0 Å². The second-order valence-corrected chi connectivity index (χ2v) is 5.20. The molecule has 94 valence electrons. The molecule has 1 N–H and O–H groups in total. The van der Waals surface area contributed by atoms with Gasteiger partial charge in [0.2, 0.25) is 0 Å². The highest BCUT2D eigenvalue weighted by atomic mass is 16.4. The first-order valence-electron chi connectivity index (χ1n) is 7.03. The Balaban J connectivity index is 2.36. The Morgan fingerprint density at radius 3 is 1.56 bits per heavy atom. The fourth-order valence-electron chi connectivity index (χ4n) is 2.66. The summed E-state index contributed by atoms with van der Waals surface area (Å²) >= 11 is 0. The molecule has 1 aliphatic rings. The van der Waals surface area contributed by atoms with Gasteiger partial charge in [-0.15, -0.1) is 0 Å². The van der Waals surface area contributed by atoms with Crippen LogP contribution in [0.2, 0.25) is 0 Å². The van der Waals surface area contributed by atoms with Crippen LogP contribution in [0.25, 0.3) is 0 Å². The zero-order valence-electron chi connectivity index (χ0n) is 10.7. The molecule has 16 heavy (non-hydrogen) atoms. The van der Waals surface area contributed by atoms with Crippen molar-refractivity contribution in [2.24, 2.45) is 11.1 Å². The van der Waals surface area contributed by atoms with Crippen LogP contribution in [0.5, 0.6) is 0 Å². The van der Waals surface area contributed by atoms with Crippen molar-refractivity contribution in [1.82, 2.24) is 0 Å². The third kappa shape index (κ3) is 5.53. The van der Waals surface area contributed by atoms with E-state index in [2.05, 4.69) is 5.16 Å². The fourth-order valence-corrected chi connectivity index (χ4v) is 2.66. The molecule has 0 unspecified atom stereocenters. The van der Waals surface area contributed by atoms with Crippen LogP contribution in [0, 0.1) is 5.92 Å². The first-order valence-corrected chi connectivity index (χ1v) is 7.03. The average molecular weight is 225 g/mol. The standard InChI is InChI=1S/C14H27NO/c1-13(15-16)14-11-9-7-5-3-2-4-6-8-10-12-14/h14,16H,2-12H2,1H3/b15-13+. The minimum atomic E-state index is 0.532. The van der Waals surface area contributed by atoms with Crippen molar-refractivity contribution < 1.29 is 5.21 Å². The van der Waals surface area contributed by atoms with E-state index in [1.54, 1.807) is 0 Å². The van der Waals surface area contributed by atoms with Crippen molar-refractivity contribution in [2.45, 2.75) is 77.6 Å². The van der Waals surface area contributed by atoms with Gasteiger partial charge in [-0.3, -0.25) is 0 Å². The first-order chi connectivity index (χ1) is 7.84. The summed E-state index contributed by atoms with van der Waals surface area (Å²) < 4.78 is 0. The molecule has 0 aliphatic heterocycles. The second-order valence-electron chi connectivity index (χ2n) is 5.20. The minimum Gasteiger partial charge on any atom is -0.411 e. The van der Waals surface area contributed by atoms with E-state index in [9.17, 15) is 0 Å². The first kappa shape index (κ1) is 13.5. The molecule has 0 aromatic heterocycles. The van der Waals surface area contributed by atoms with E-state index in [1.807, 2.05) is 6.92 Å². The number of oxime groups is 1. The van der Waals surface area contributed by atoms with Crippen LogP contribution in [0.4, 0.5) is 0 Å². The molecule has 2 nitrogen and oxygen atoms in total. The van der Waals surface area contributed by atoms with Gasteiger partial charge >= 0.3 is 0 Å². The van der Waals surface area contributed by atoms with Crippen molar-refractivity contribution >= 4 is 5.71 Å². The molecular formula is C14H27NO. The SMILES string of the molecule is C/C(=N\O)C1CCCCCCCCCCC1. The summed E-state index contributed by atoms with van der Waals surface area (Å²) in [5.74, 6) is 0.532. The largest absolute Gasteiger partial charge is 0.411 e. The Hall–Kier alpha value is -0.530. The molecular weight excluding hydrogens is 198 g/mol. The molecule has 0 saturated heterocycles. The van der Waals surface area contributed by atoms with Crippen LogP contribution < -0.4 is 0 Å². The predicted octanol–water partition coefficient (Wildman–Crippen LogP) is 4.76. The van der Waals surface area contributed by atoms with E-state index >= 15 is 0 Å². The Labute approximate surface area is 100 Å². The van der Waals surface area contributed by atoms with E-state index < -0.39 is 0 Å². The van der Waals surface area contributed by atoms with E-state index in [4.69, 9.17) is 5.21 Å². The molecule has 1 aliphatic carbocycles. The Bertz CT molecular complexity index is 189. The molecule has 1 fully saturated rings. The van der Waals surface area contributed by atoms with Gasteiger partial charge in [0, 0.05) is 5.92 Å². The summed E-state index contributed by atoms with van der Waals surface area (Å²) in [5, 5.41) is 12.3. The molecule has 0 bridgehead atoms. The van der Waals surface area contributed by atoms with Crippen LogP contribution in [0.1, 0.15) is 77.6 Å². The van der Waals surface area contributed by atoms with Crippen molar-refractivity contribution in [2.75, 3.05) is 0 Å². The predicted molar refractivity (Wildman–Crippen MR) is 69.2 cm³/mol.